The van der Waals surface area contributed by atoms with Crippen LogP contribution in [0.15, 0.2) is 42.5 Å². The fourth-order valence-corrected chi connectivity index (χ4v) is 5.75. The van der Waals surface area contributed by atoms with E-state index in [-0.39, 0.29) is 35.3 Å². The van der Waals surface area contributed by atoms with Crippen molar-refractivity contribution in [2.75, 3.05) is 31.1 Å². The summed E-state index contributed by atoms with van der Waals surface area (Å²) in [6, 6.07) is 10.2. The highest BCUT2D eigenvalue weighted by molar-refractivity contribution is 5.81. The molecule has 2 aromatic rings. The smallest absolute Gasteiger partial charge is 0.227 e. The second kappa shape index (κ2) is 9.84. The quantitative estimate of drug-likeness (QED) is 0.563. The van der Waals surface area contributed by atoms with E-state index in [1.165, 1.54) is 24.3 Å². The number of halogens is 3. The lowest BCUT2D eigenvalue weighted by Gasteiger charge is -2.46. The highest BCUT2D eigenvalue weighted by Crippen LogP contribution is 2.40. The number of carbonyl (C=O) groups is 1. The molecular formula is C28H36F3N3O. The average molecular weight is 488 g/mol. The number of anilines is 1. The summed E-state index contributed by atoms with van der Waals surface area (Å²) in [7, 11) is 0. The third kappa shape index (κ3) is 5.06. The van der Waals surface area contributed by atoms with E-state index in [1.807, 2.05) is 4.90 Å². The van der Waals surface area contributed by atoms with Crippen LogP contribution in [0.1, 0.15) is 52.5 Å². The minimum atomic E-state index is -0.613. The van der Waals surface area contributed by atoms with Crippen LogP contribution in [0.4, 0.5) is 18.9 Å². The number of hydrogen-bond donors (Lipinski definition) is 0. The van der Waals surface area contributed by atoms with Crippen LogP contribution in [-0.4, -0.2) is 59.5 Å². The first-order valence-electron chi connectivity index (χ1n) is 12.5. The van der Waals surface area contributed by atoms with Crippen molar-refractivity contribution >= 4 is 11.6 Å². The van der Waals surface area contributed by atoms with Crippen LogP contribution in [0.25, 0.3) is 0 Å². The molecule has 2 heterocycles. The molecule has 2 aliphatic rings. The maximum absolute atomic E-state index is 14.9. The molecule has 4 rings (SSSR count). The van der Waals surface area contributed by atoms with Crippen LogP contribution in [-0.2, 0) is 4.79 Å². The molecule has 0 unspecified atom stereocenters. The summed E-state index contributed by atoms with van der Waals surface area (Å²) >= 11 is 0. The van der Waals surface area contributed by atoms with E-state index in [0.29, 0.717) is 31.7 Å². The summed E-state index contributed by atoms with van der Waals surface area (Å²) in [5, 5.41) is 0. The second-order valence-corrected chi connectivity index (χ2v) is 10.8. The molecule has 0 spiro atoms. The van der Waals surface area contributed by atoms with E-state index in [4.69, 9.17) is 0 Å². The topological polar surface area (TPSA) is 26.8 Å². The fourth-order valence-electron chi connectivity index (χ4n) is 5.75. The Hall–Kier alpha value is -2.54. The molecule has 0 aliphatic carbocycles. The number of nitrogens with zero attached hydrogens (tertiary/aromatic N) is 3. The van der Waals surface area contributed by atoms with Gasteiger partial charge >= 0.3 is 0 Å². The second-order valence-electron chi connectivity index (χ2n) is 10.8. The van der Waals surface area contributed by atoms with Crippen molar-refractivity contribution in [2.24, 2.45) is 5.92 Å². The van der Waals surface area contributed by atoms with Gasteiger partial charge < -0.3 is 9.80 Å². The van der Waals surface area contributed by atoms with Gasteiger partial charge in [0.05, 0.1) is 5.92 Å². The Kier molecular flexibility index (Phi) is 7.18. The number of likely N-dealkylation sites (tertiary alicyclic amines) is 1. The van der Waals surface area contributed by atoms with Gasteiger partial charge in [-0.2, -0.15) is 0 Å². The molecule has 35 heavy (non-hydrogen) atoms. The summed E-state index contributed by atoms with van der Waals surface area (Å²) in [5.74, 6) is -2.20. The number of carbonyl (C=O) groups excluding carboxylic acids is 1. The molecular weight excluding hydrogens is 451 g/mol. The zero-order valence-electron chi connectivity index (χ0n) is 21.3. The van der Waals surface area contributed by atoms with E-state index >= 15 is 0 Å². The van der Waals surface area contributed by atoms with Crippen LogP contribution < -0.4 is 4.90 Å². The van der Waals surface area contributed by atoms with Crippen LogP contribution >= 0.6 is 0 Å². The molecule has 0 N–H and O–H groups in total. The number of hydrogen-bond acceptors (Lipinski definition) is 3. The molecule has 1 amide bonds. The van der Waals surface area contributed by atoms with Gasteiger partial charge in [0, 0.05) is 61.5 Å². The van der Waals surface area contributed by atoms with Crippen molar-refractivity contribution in [2.45, 2.75) is 64.6 Å². The lowest BCUT2D eigenvalue weighted by atomic mass is 9.87. The standard InChI is InChI=1S/C28H36F3N3O/c1-6-28(4,5)33-16-24(23-12-9-21(30)13-26(23)31)25(17-33)27(35)32-14-18(2)34(19(3)15-32)22-10-7-20(29)8-11-22/h7-13,18-19,24-25H,6,14-17H2,1-5H3/t18-,19+,24-,25+/m0/s1. The van der Waals surface area contributed by atoms with Crippen LogP contribution in [0, 0.1) is 23.4 Å². The van der Waals surface area contributed by atoms with Gasteiger partial charge in [0.15, 0.2) is 0 Å². The SMILES string of the molecule is CCC(C)(C)N1C[C@@H](C(=O)N2C[C@@H](C)N(c3ccc(F)cc3)[C@@H](C)C2)[C@H](c2ccc(F)cc2F)C1. The van der Waals surface area contributed by atoms with Gasteiger partial charge in [-0.25, -0.2) is 13.2 Å². The van der Waals surface area contributed by atoms with Crippen molar-refractivity contribution in [1.82, 2.24) is 9.80 Å². The minimum absolute atomic E-state index is 0.0191. The fraction of sp³-hybridized carbons (Fsp3) is 0.536. The van der Waals surface area contributed by atoms with Gasteiger partial charge in [0.1, 0.15) is 17.5 Å². The number of piperazine rings is 1. The molecule has 0 saturated carbocycles. The van der Waals surface area contributed by atoms with Gasteiger partial charge in [0.25, 0.3) is 0 Å². The average Bonchev–Trinajstić information content (AvgIpc) is 3.25. The number of amides is 1. The zero-order valence-corrected chi connectivity index (χ0v) is 21.3. The van der Waals surface area contributed by atoms with Gasteiger partial charge in [-0.15, -0.1) is 0 Å². The third-order valence-electron chi connectivity index (χ3n) is 8.08. The summed E-state index contributed by atoms with van der Waals surface area (Å²) in [4.78, 5) is 20.3. The summed E-state index contributed by atoms with van der Waals surface area (Å²) in [6.07, 6.45) is 0.900. The molecule has 2 aliphatic heterocycles. The van der Waals surface area contributed by atoms with Crippen LogP contribution in [0.2, 0.25) is 0 Å². The van der Waals surface area contributed by atoms with Gasteiger partial charge in [-0.1, -0.05) is 13.0 Å². The minimum Gasteiger partial charge on any atom is -0.363 e. The predicted octanol–water partition coefficient (Wildman–Crippen LogP) is 5.43. The molecule has 0 aromatic heterocycles. The Morgan fingerprint density at radius 3 is 2.09 bits per heavy atom. The van der Waals surface area contributed by atoms with Gasteiger partial charge in [-0.3, -0.25) is 9.69 Å². The first-order chi connectivity index (χ1) is 16.5. The molecule has 0 radical (unpaired) electrons. The molecule has 2 fully saturated rings. The number of rotatable bonds is 5. The summed E-state index contributed by atoms with van der Waals surface area (Å²) in [6.45, 7) is 12.7. The molecule has 0 bridgehead atoms. The van der Waals surface area contributed by atoms with Crippen molar-refractivity contribution < 1.29 is 18.0 Å². The summed E-state index contributed by atoms with van der Waals surface area (Å²) in [5.41, 5.74) is 1.21. The van der Waals surface area contributed by atoms with Crippen molar-refractivity contribution in [3.63, 3.8) is 0 Å². The molecule has 2 aromatic carbocycles. The summed E-state index contributed by atoms with van der Waals surface area (Å²) < 4.78 is 41.9. The molecule has 2 saturated heterocycles. The lowest BCUT2D eigenvalue weighted by molar-refractivity contribution is -0.137. The predicted molar refractivity (Wildman–Crippen MR) is 133 cm³/mol. The third-order valence-corrected chi connectivity index (χ3v) is 8.08. The van der Waals surface area contributed by atoms with E-state index < -0.39 is 17.6 Å². The maximum atomic E-state index is 14.9. The normalized spacial score (nSPS) is 25.8. The molecule has 190 valence electrons. The van der Waals surface area contributed by atoms with E-state index in [2.05, 4.69) is 44.4 Å². The van der Waals surface area contributed by atoms with Crippen molar-refractivity contribution in [3.8, 4) is 0 Å². The van der Waals surface area contributed by atoms with Crippen molar-refractivity contribution in [3.05, 3.63) is 65.5 Å². The Bertz CT molecular complexity index is 1050. The Morgan fingerprint density at radius 1 is 0.914 bits per heavy atom. The largest absolute Gasteiger partial charge is 0.363 e. The first-order valence-corrected chi connectivity index (χ1v) is 12.5. The molecule has 4 nitrogen and oxygen atoms in total. The Labute approximate surface area is 206 Å². The van der Waals surface area contributed by atoms with Crippen LogP contribution in [0.5, 0.6) is 0 Å². The Morgan fingerprint density at radius 2 is 1.51 bits per heavy atom. The van der Waals surface area contributed by atoms with Gasteiger partial charge in [0.2, 0.25) is 5.91 Å². The lowest BCUT2D eigenvalue weighted by Crippen LogP contribution is -2.59. The van der Waals surface area contributed by atoms with Crippen LogP contribution in [0.3, 0.4) is 0 Å². The van der Waals surface area contributed by atoms with Crippen molar-refractivity contribution in [1.29, 1.82) is 0 Å². The number of benzene rings is 2. The Balaban J connectivity index is 1.58. The van der Waals surface area contributed by atoms with E-state index in [9.17, 15) is 18.0 Å². The maximum Gasteiger partial charge on any atom is 0.227 e. The molecule has 4 atom stereocenters. The zero-order chi connectivity index (χ0) is 25.5. The highest BCUT2D eigenvalue weighted by Gasteiger charge is 2.46. The van der Waals surface area contributed by atoms with E-state index in [1.54, 1.807) is 12.1 Å². The monoisotopic (exact) mass is 487 g/mol. The highest BCUT2D eigenvalue weighted by atomic mass is 19.1. The molecule has 7 heteroatoms. The van der Waals surface area contributed by atoms with Gasteiger partial charge in [-0.05, 0) is 70.0 Å². The first kappa shape index (κ1) is 25.5. The van der Waals surface area contributed by atoms with E-state index in [0.717, 1.165) is 18.2 Å².